The van der Waals surface area contributed by atoms with E-state index in [4.69, 9.17) is 4.42 Å². The Morgan fingerprint density at radius 3 is 2.75 bits per heavy atom. The summed E-state index contributed by atoms with van der Waals surface area (Å²) in [6, 6.07) is 4.55. The number of carbonyl (C=O) groups excluding carboxylic acids is 1. The topological polar surface area (TPSA) is 56.5 Å². The minimum Gasteiger partial charge on any atom is -0.464 e. The van der Waals surface area contributed by atoms with E-state index in [9.17, 15) is 18.4 Å². The lowest BCUT2D eigenvalue weighted by Gasteiger charge is -2.14. The van der Waals surface area contributed by atoms with Crippen LogP contribution in [0.2, 0.25) is 0 Å². The molecule has 1 aromatic carbocycles. The predicted octanol–water partition coefficient (Wildman–Crippen LogP) is 2.76. The fourth-order valence-corrected chi connectivity index (χ4v) is 1.78. The van der Waals surface area contributed by atoms with Crippen LogP contribution in [0.1, 0.15) is 18.1 Å². The summed E-state index contributed by atoms with van der Waals surface area (Å²) in [6.07, 6.45) is 0.612. The molecule has 0 N–H and O–H groups in total. The fraction of sp³-hybridized carbons (Fsp3) is 0.286. The molecule has 1 aromatic heterocycles. The summed E-state index contributed by atoms with van der Waals surface area (Å²) in [5, 5.41) is -0.00271. The number of rotatable bonds is 3. The first-order chi connectivity index (χ1) is 9.37. The molecule has 0 unspecified atom stereocenters. The molecule has 2 aromatic rings. The third-order valence-electron chi connectivity index (χ3n) is 2.80. The molecule has 0 bridgehead atoms. The number of hydrogen-bond acceptors (Lipinski definition) is 4. The highest BCUT2D eigenvalue weighted by Crippen LogP contribution is 2.28. The molecule has 2 rings (SSSR count). The maximum absolute atomic E-state index is 13.9. The van der Waals surface area contributed by atoms with Gasteiger partial charge in [-0.3, -0.25) is 4.79 Å². The number of hydrogen-bond donors (Lipinski definition) is 0. The van der Waals surface area contributed by atoms with Crippen LogP contribution in [-0.2, 0) is 15.5 Å². The predicted molar refractivity (Wildman–Crippen MR) is 67.7 cm³/mol. The van der Waals surface area contributed by atoms with Crippen LogP contribution in [0.3, 0.4) is 0 Å². The van der Waals surface area contributed by atoms with Gasteiger partial charge in [0.05, 0.1) is 12.0 Å². The van der Waals surface area contributed by atoms with Gasteiger partial charge in [-0.1, -0.05) is 6.07 Å². The van der Waals surface area contributed by atoms with Crippen molar-refractivity contribution in [1.29, 1.82) is 0 Å². The zero-order valence-corrected chi connectivity index (χ0v) is 10.9. The lowest BCUT2D eigenvalue weighted by Crippen LogP contribution is -2.33. The second-order valence-electron chi connectivity index (χ2n) is 4.27. The molecule has 0 saturated heterocycles. The Labute approximate surface area is 113 Å². The number of aryl methyl sites for hydroxylation is 1. The maximum Gasteiger partial charge on any atom is 0.382 e. The SMILES string of the molecule is CCOC(=O)C(F)(F)c1coc2cc(C)ccc2c1=O. The Morgan fingerprint density at radius 2 is 2.10 bits per heavy atom. The van der Waals surface area contributed by atoms with E-state index in [-0.39, 0.29) is 17.6 Å². The highest BCUT2D eigenvalue weighted by molar-refractivity contribution is 5.82. The van der Waals surface area contributed by atoms with Crippen LogP contribution in [0, 0.1) is 6.92 Å². The van der Waals surface area contributed by atoms with Gasteiger partial charge in [-0.05, 0) is 31.5 Å². The van der Waals surface area contributed by atoms with Gasteiger partial charge in [-0.25, -0.2) is 4.79 Å². The molecule has 0 aliphatic carbocycles. The Hall–Kier alpha value is -2.24. The zero-order valence-electron chi connectivity index (χ0n) is 10.9. The van der Waals surface area contributed by atoms with Gasteiger partial charge in [0.1, 0.15) is 17.4 Å². The third kappa shape index (κ3) is 2.29. The second kappa shape index (κ2) is 5.03. The van der Waals surface area contributed by atoms with Gasteiger partial charge in [0.2, 0.25) is 5.43 Å². The van der Waals surface area contributed by atoms with Crippen molar-refractivity contribution in [3.8, 4) is 0 Å². The van der Waals surface area contributed by atoms with Gasteiger partial charge in [-0.2, -0.15) is 8.78 Å². The van der Waals surface area contributed by atoms with Crippen LogP contribution in [0.5, 0.6) is 0 Å². The maximum atomic E-state index is 13.9. The Morgan fingerprint density at radius 1 is 1.40 bits per heavy atom. The summed E-state index contributed by atoms with van der Waals surface area (Å²) >= 11 is 0. The molecule has 6 heteroatoms. The summed E-state index contributed by atoms with van der Waals surface area (Å²) < 4.78 is 37.0. The first kappa shape index (κ1) is 14.2. The molecule has 0 atom stereocenters. The normalized spacial score (nSPS) is 11.6. The van der Waals surface area contributed by atoms with E-state index in [0.717, 1.165) is 5.56 Å². The molecular formula is C14H12F2O4. The van der Waals surface area contributed by atoms with Gasteiger partial charge in [0, 0.05) is 0 Å². The quantitative estimate of drug-likeness (QED) is 0.812. The molecule has 1 heterocycles. The van der Waals surface area contributed by atoms with Crippen LogP contribution < -0.4 is 5.43 Å². The number of halogens is 2. The van der Waals surface area contributed by atoms with E-state index in [0.29, 0.717) is 6.26 Å². The lowest BCUT2D eigenvalue weighted by atomic mass is 10.1. The first-order valence-electron chi connectivity index (χ1n) is 5.95. The van der Waals surface area contributed by atoms with Crippen molar-refractivity contribution in [3.05, 3.63) is 45.8 Å². The molecule has 0 saturated carbocycles. The van der Waals surface area contributed by atoms with Crippen molar-refractivity contribution in [2.45, 2.75) is 19.8 Å². The molecular weight excluding hydrogens is 270 g/mol. The summed E-state index contributed by atoms with van der Waals surface area (Å²) in [7, 11) is 0. The summed E-state index contributed by atoms with van der Waals surface area (Å²) in [4.78, 5) is 23.3. The first-order valence-corrected chi connectivity index (χ1v) is 5.95. The van der Waals surface area contributed by atoms with E-state index >= 15 is 0 Å². The lowest BCUT2D eigenvalue weighted by molar-refractivity contribution is -0.173. The highest BCUT2D eigenvalue weighted by Gasteiger charge is 2.45. The standard InChI is InChI=1S/C14H12F2O4/c1-3-19-13(18)14(15,16)10-7-20-11-6-8(2)4-5-9(11)12(10)17/h4-7H,3H2,1-2H3. The third-order valence-corrected chi connectivity index (χ3v) is 2.80. The van der Waals surface area contributed by atoms with E-state index in [1.165, 1.54) is 13.0 Å². The molecule has 0 radical (unpaired) electrons. The fourth-order valence-electron chi connectivity index (χ4n) is 1.78. The van der Waals surface area contributed by atoms with Gasteiger partial charge in [0.25, 0.3) is 0 Å². The van der Waals surface area contributed by atoms with Gasteiger partial charge < -0.3 is 9.15 Å². The van der Waals surface area contributed by atoms with Crippen LogP contribution in [-0.4, -0.2) is 12.6 Å². The molecule has 4 nitrogen and oxygen atoms in total. The van der Waals surface area contributed by atoms with Gasteiger partial charge >= 0.3 is 11.9 Å². The Balaban J connectivity index is 2.61. The molecule has 0 aliphatic heterocycles. The number of ether oxygens (including phenoxy) is 1. The van der Waals surface area contributed by atoms with E-state index in [1.807, 2.05) is 0 Å². The Bertz CT molecular complexity index is 719. The number of benzene rings is 1. The molecule has 106 valence electrons. The smallest absolute Gasteiger partial charge is 0.382 e. The van der Waals surface area contributed by atoms with Crippen molar-refractivity contribution in [1.82, 2.24) is 0 Å². The zero-order chi connectivity index (χ0) is 14.9. The van der Waals surface area contributed by atoms with E-state index < -0.39 is 22.9 Å². The van der Waals surface area contributed by atoms with Crippen LogP contribution in [0.4, 0.5) is 8.78 Å². The largest absolute Gasteiger partial charge is 0.464 e. The van der Waals surface area contributed by atoms with Crippen LogP contribution in [0.15, 0.2) is 33.7 Å². The van der Waals surface area contributed by atoms with E-state index in [2.05, 4.69) is 4.74 Å². The number of carbonyl (C=O) groups is 1. The summed E-state index contributed by atoms with van der Waals surface area (Å²) in [5.41, 5.74) is -0.944. The molecule has 0 fully saturated rings. The van der Waals surface area contributed by atoms with Crippen molar-refractivity contribution < 1.29 is 22.7 Å². The minimum absolute atomic E-state index is 0.00271. The van der Waals surface area contributed by atoms with E-state index in [1.54, 1.807) is 19.1 Å². The van der Waals surface area contributed by atoms with Crippen molar-refractivity contribution >= 4 is 16.9 Å². The summed E-state index contributed by atoms with van der Waals surface area (Å²) in [5.74, 6) is -5.80. The van der Waals surface area contributed by atoms with Gasteiger partial charge in [0.15, 0.2) is 0 Å². The number of esters is 1. The second-order valence-corrected chi connectivity index (χ2v) is 4.27. The molecule has 20 heavy (non-hydrogen) atoms. The van der Waals surface area contributed by atoms with Crippen molar-refractivity contribution in [3.63, 3.8) is 0 Å². The molecule has 0 amide bonds. The monoisotopic (exact) mass is 282 g/mol. The van der Waals surface area contributed by atoms with Crippen molar-refractivity contribution in [2.75, 3.05) is 6.61 Å². The average molecular weight is 282 g/mol. The number of alkyl halides is 2. The minimum atomic E-state index is -4.03. The van der Waals surface area contributed by atoms with Crippen LogP contribution >= 0.6 is 0 Å². The highest BCUT2D eigenvalue weighted by atomic mass is 19.3. The van der Waals surface area contributed by atoms with Crippen molar-refractivity contribution in [2.24, 2.45) is 0 Å². The number of fused-ring (bicyclic) bond motifs is 1. The Kier molecular flexibility index (Phi) is 3.57. The average Bonchev–Trinajstić information content (AvgIpc) is 2.38. The molecule has 0 aliphatic rings. The summed E-state index contributed by atoms with van der Waals surface area (Å²) in [6.45, 7) is 2.98. The van der Waals surface area contributed by atoms with Gasteiger partial charge in [-0.15, -0.1) is 0 Å². The van der Waals surface area contributed by atoms with Crippen LogP contribution in [0.25, 0.3) is 11.0 Å². The molecule has 0 spiro atoms.